The largest absolute Gasteiger partial charge is 0.289 e. The van der Waals surface area contributed by atoms with Gasteiger partial charge in [-0.15, -0.1) is 11.3 Å². The number of fused-ring (bicyclic) bond motifs is 1. The van der Waals surface area contributed by atoms with Gasteiger partial charge in [-0.2, -0.15) is 0 Å². The molecule has 22 heavy (non-hydrogen) atoms. The number of nitrogens with zero attached hydrogens (tertiary/aromatic N) is 5. The van der Waals surface area contributed by atoms with E-state index < -0.39 is 0 Å². The fourth-order valence-electron chi connectivity index (χ4n) is 3.29. The van der Waals surface area contributed by atoms with E-state index in [1.54, 1.807) is 11.3 Å². The first-order valence-electron chi connectivity index (χ1n) is 7.73. The highest BCUT2D eigenvalue weighted by atomic mass is 32.1. The molecular weight excluding hydrogens is 294 g/mol. The van der Waals surface area contributed by atoms with Crippen LogP contribution in [0.5, 0.6) is 0 Å². The van der Waals surface area contributed by atoms with Gasteiger partial charge in [0.15, 0.2) is 0 Å². The van der Waals surface area contributed by atoms with Crippen LogP contribution in [0.1, 0.15) is 42.4 Å². The van der Waals surface area contributed by atoms with Crippen molar-refractivity contribution in [3.8, 4) is 0 Å². The van der Waals surface area contributed by atoms with Gasteiger partial charge in [0.25, 0.3) is 0 Å². The number of hydrogen-bond donors (Lipinski definition) is 0. The van der Waals surface area contributed by atoms with Gasteiger partial charge in [-0.1, -0.05) is 6.42 Å². The maximum Gasteiger partial charge on any atom is 0.234 e. The fourth-order valence-corrected chi connectivity index (χ4v) is 3.84. The maximum absolute atomic E-state index is 4.79. The Morgan fingerprint density at radius 3 is 3.14 bits per heavy atom. The van der Waals surface area contributed by atoms with E-state index in [2.05, 4.69) is 33.2 Å². The Kier molecular flexibility index (Phi) is 3.63. The second-order valence-corrected chi connectivity index (χ2v) is 6.60. The Labute approximate surface area is 133 Å². The molecule has 0 radical (unpaired) electrons. The Hall–Kier alpha value is -1.79. The van der Waals surface area contributed by atoms with Gasteiger partial charge in [0.05, 0.1) is 22.9 Å². The average molecular weight is 313 g/mol. The molecule has 0 amide bonds. The van der Waals surface area contributed by atoms with Crippen molar-refractivity contribution in [3.05, 3.63) is 46.4 Å². The second-order valence-electron chi connectivity index (χ2n) is 5.88. The van der Waals surface area contributed by atoms with Crippen LogP contribution in [0.15, 0.2) is 29.4 Å². The summed E-state index contributed by atoms with van der Waals surface area (Å²) in [4.78, 5) is 16.1. The number of thiazole rings is 1. The van der Waals surface area contributed by atoms with E-state index in [4.69, 9.17) is 4.98 Å². The van der Waals surface area contributed by atoms with E-state index in [-0.39, 0.29) is 0 Å². The molecule has 0 aliphatic carbocycles. The molecule has 3 aromatic rings. The second kappa shape index (κ2) is 5.78. The quantitative estimate of drug-likeness (QED) is 0.745. The van der Waals surface area contributed by atoms with E-state index in [1.165, 1.54) is 18.5 Å². The summed E-state index contributed by atoms with van der Waals surface area (Å²) in [6, 6.07) is 2.58. The van der Waals surface area contributed by atoms with Crippen LogP contribution in [0.4, 0.5) is 0 Å². The van der Waals surface area contributed by atoms with Crippen molar-refractivity contribution in [2.45, 2.75) is 38.8 Å². The minimum absolute atomic E-state index is 0.371. The van der Waals surface area contributed by atoms with E-state index in [1.807, 2.05) is 22.3 Å². The van der Waals surface area contributed by atoms with Crippen LogP contribution in [0.25, 0.3) is 5.78 Å². The molecule has 0 saturated carbocycles. The summed E-state index contributed by atoms with van der Waals surface area (Å²) >= 11 is 1.66. The highest BCUT2D eigenvalue weighted by Gasteiger charge is 2.26. The zero-order chi connectivity index (χ0) is 14.9. The van der Waals surface area contributed by atoms with E-state index in [9.17, 15) is 0 Å². The number of aryl methyl sites for hydroxylation is 1. The number of rotatable bonds is 3. The van der Waals surface area contributed by atoms with E-state index in [0.29, 0.717) is 6.04 Å². The molecule has 1 saturated heterocycles. The normalized spacial score (nSPS) is 19.8. The minimum atomic E-state index is 0.371. The van der Waals surface area contributed by atoms with Gasteiger partial charge in [0, 0.05) is 30.0 Å². The molecule has 4 heterocycles. The molecule has 0 bridgehead atoms. The van der Waals surface area contributed by atoms with Gasteiger partial charge in [0.2, 0.25) is 5.78 Å². The minimum Gasteiger partial charge on any atom is -0.289 e. The third-order valence-electron chi connectivity index (χ3n) is 4.39. The molecule has 1 aliphatic heterocycles. The molecule has 3 aromatic heterocycles. The zero-order valence-corrected chi connectivity index (χ0v) is 13.5. The van der Waals surface area contributed by atoms with Crippen molar-refractivity contribution < 1.29 is 0 Å². The SMILES string of the molecule is Cc1cc(C2CCCCN2Cc2cscn2)nc2nccn12. The number of hydrogen-bond acceptors (Lipinski definition) is 5. The van der Waals surface area contributed by atoms with Gasteiger partial charge in [0.1, 0.15) is 0 Å². The van der Waals surface area contributed by atoms with Crippen LogP contribution in [-0.2, 0) is 6.54 Å². The Morgan fingerprint density at radius 2 is 2.27 bits per heavy atom. The van der Waals surface area contributed by atoms with Gasteiger partial charge in [-0.3, -0.25) is 9.30 Å². The number of imidazole rings is 1. The average Bonchev–Trinajstić information content (AvgIpc) is 3.19. The predicted octanol–water partition coefficient (Wildman–Crippen LogP) is 3.22. The molecule has 1 fully saturated rings. The van der Waals surface area contributed by atoms with Gasteiger partial charge in [-0.05, 0) is 32.4 Å². The van der Waals surface area contributed by atoms with Crippen LogP contribution in [0.3, 0.4) is 0 Å². The lowest BCUT2D eigenvalue weighted by molar-refractivity contribution is 0.136. The van der Waals surface area contributed by atoms with E-state index in [0.717, 1.165) is 36.7 Å². The van der Waals surface area contributed by atoms with Gasteiger partial charge >= 0.3 is 0 Å². The van der Waals surface area contributed by atoms with Crippen LogP contribution in [0, 0.1) is 6.92 Å². The lowest BCUT2D eigenvalue weighted by Crippen LogP contribution is -2.33. The predicted molar refractivity (Wildman–Crippen MR) is 86.8 cm³/mol. The summed E-state index contributed by atoms with van der Waals surface area (Å²) in [7, 11) is 0. The summed E-state index contributed by atoms with van der Waals surface area (Å²) in [5.41, 5.74) is 5.41. The van der Waals surface area contributed by atoms with Crippen molar-refractivity contribution in [2.24, 2.45) is 0 Å². The van der Waals surface area contributed by atoms with Crippen LogP contribution < -0.4 is 0 Å². The van der Waals surface area contributed by atoms with Crippen molar-refractivity contribution in [1.29, 1.82) is 0 Å². The summed E-state index contributed by atoms with van der Waals surface area (Å²) < 4.78 is 2.04. The molecule has 1 unspecified atom stereocenters. The standard InChI is InChI=1S/C16H19N5S/c1-12-8-14(19-16-17-5-7-21(12)16)15-4-2-3-6-20(15)9-13-10-22-11-18-13/h5,7-8,10-11,15H,2-4,6,9H2,1H3. The molecule has 1 aliphatic rings. The summed E-state index contributed by atoms with van der Waals surface area (Å²) in [5.74, 6) is 0.800. The van der Waals surface area contributed by atoms with E-state index >= 15 is 0 Å². The lowest BCUT2D eigenvalue weighted by atomic mass is 9.98. The molecule has 0 spiro atoms. The van der Waals surface area contributed by atoms with Gasteiger partial charge < -0.3 is 0 Å². The van der Waals surface area contributed by atoms with Crippen molar-refractivity contribution in [1.82, 2.24) is 24.3 Å². The monoisotopic (exact) mass is 313 g/mol. The van der Waals surface area contributed by atoms with Crippen LogP contribution >= 0.6 is 11.3 Å². The molecule has 5 nitrogen and oxygen atoms in total. The zero-order valence-electron chi connectivity index (χ0n) is 12.6. The highest BCUT2D eigenvalue weighted by molar-refractivity contribution is 7.07. The fraction of sp³-hybridized carbons (Fsp3) is 0.438. The molecule has 1 atom stereocenters. The highest BCUT2D eigenvalue weighted by Crippen LogP contribution is 2.31. The Balaban J connectivity index is 1.67. The maximum atomic E-state index is 4.79. The third kappa shape index (κ3) is 2.53. The summed E-state index contributed by atoms with van der Waals surface area (Å²) in [6.07, 6.45) is 7.46. The molecule has 0 N–H and O–H groups in total. The Morgan fingerprint density at radius 1 is 1.32 bits per heavy atom. The first kappa shape index (κ1) is 13.8. The number of aromatic nitrogens is 4. The summed E-state index contributed by atoms with van der Waals surface area (Å²) in [5, 5.41) is 2.14. The molecule has 114 valence electrons. The Bertz CT molecular complexity index is 764. The van der Waals surface area contributed by atoms with Crippen LogP contribution in [0.2, 0.25) is 0 Å². The number of likely N-dealkylation sites (tertiary alicyclic amines) is 1. The summed E-state index contributed by atoms with van der Waals surface area (Å²) in [6.45, 7) is 4.14. The topological polar surface area (TPSA) is 46.3 Å². The number of piperidine rings is 1. The van der Waals surface area contributed by atoms with Crippen molar-refractivity contribution >= 4 is 17.1 Å². The third-order valence-corrected chi connectivity index (χ3v) is 5.03. The molecule has 4 rings (SSSR count). The first-order chi connectivity index (χ1) is 10.8. The smallest absolute Gasteiger partial charge is 0.234 e. The van der Waals surface area contributed by atoms with Gasteiger partial charge in [-0.25, -0.2) is 15.0 Å². The molecule has 0 aromatic carbocycles. The molecular formula is C16H19N5S. The lowest BCUT2D eigenvalue weighted by Gasteiger charge is -2.35. The first-order valence-corrected chi connectivity index (χ1v) is 8.67. The van der Waals surface area contributed by atoms with Crippen molar-refractivity contribution in [3.63, 3.8) is 0 Å². The van der Waals surface area contributed by atoms with Crippen LogP contribution in [-0.4, -0.2) is 30.8 Å². The van der Waals surface area contributed by atoms with Crippen molar-refractivity contribution in [2.75, 3.05) is 6.54 Å². The molecule has 6 heteroatoms.